The highest BCUT2D eigenvalue weighted by molar-refractivity contribution is 5.98. The summed E-state index contributed by atoms with van der Waals surface area (Å²) < 4.78 is 0. The van der Waals surface area contributed by atoms with Crippen LogP contribution in [0.4, 0.5) is 11.4 Å². The second-order valence-corrected chi connectivity index (χ2v) is 19.5. The Kier molecular flexibility index (Phi) is 9.63. The predicted octanol–water partition coefficient (Wildman–Crippen LogP) is 17.4. The van der Waals surface area contributed by atoms with E-state index in [1.165, 1.54) is 105 Å². The van der Waals surface area contributed by atoms with E-state index in [2.05, 4.69) is 274 Å². The SMILES string of the molecule is CC1(C)c2ccccc2-c2ccc(C3=CCC(N(c4ccc5c(c4)C(c4ccccc4)(c4ccccc4)c4ccccc4-5)c4cccc(-c5ccc6ccccc6c5)c4-c4ccccc4)C=C3)cc21. The van der Waals surface area contributed by atoms with Crippen molar-refractivity contribution in [2.45, 2.75) is 37.1 Å². The summed E-state index contributed by atoms with van der Waals surface area (Å²) in [5.41, 5.74) is 22.3. The third kappa shape index (κ3) is 6.45. The van der Waals surface area contributed by atoms with Gasteiger partial charge in [-0.25, -0.2) is 0 Å². The molecule has 328 valence electrons. The number of benzene rings is 10. The molecular formula is C68H51N. The van der Waals surface area contributed by atoms with E-state index in [0.717, 1.165) is 12.1 Å². The molecule has 3 aliphatic carbocycles. The maximum atomic E-state index is 2.64. The molecule has 13 rings (SSSR count). The Labute approximate surface area is 406 Å². The molecule has 0 radical (unpaired) electrons. The van der Waals surface area contributed by atoms with Crippen molar-refractivity contribution >= 4 is 27.7 Å². The summed E-state index contributed by atoms with van der Waals surface area (Å²) in [6, 6.07) is 88.3. The van der Waals surface area contributed by atoms with Gasteiger partial charge in [0.25, 0.3) is 0 Å². The summed E-state index contributed by atoms with van der Waals surface area (Å²) >= 11 is 0. The van der Waals surface area contributed by atoms with E-state index in [9.17, 15) is 0 Å². The summed E-state index contributed by atoms with van der Waals surface area (Å²) in [5, 5.41) is 2.48. The van der Waals surface area contributed by atoms with Gasteiger partial charge in [-0.2, -0.15) is 0 Å². The smallest absolute Gasteiger partial charge is 0.0714 e. The van der Waals surface area contributed by atoms with Crippen molar-refractivity contribution in [3.05, 3.63) is 294 Å². The van der Waals surface area contributed by atoms with Crippen LogP contribution in [-0.4, -0.2) is 6.04 Å². The molecule has 69 heavy (non-hydrogen) atoms. The van der Waals surface area contributed by atoms with Crippen molar-refractivity contribution in [2.24, 2.45) is 0 Å². The topological polar surface area (TPSA) is 3.24 Å². The lowest BCUT2D eigenvalue weighted by Crippen LogP contribution is -2.32. The van der Waals surface area contributed by atoms with Gasteiger partial charge in [-0.15, -0.1) is 0 Å². The number of rotatable bonds is 8. The first kappa shape index (κ1) is 41.0. The zero-order chi connectivity index (χ0) is 46.1. The van der Waals surface area contributed by atoms with Gasteiger partial charge < -0.3 is 4.90 Å². The van der Waals surface area contributed by atoms with E-state index in [-0.39, 0.29) is 11.5 Å². The van der Waals surface area contributed by atoms with Crippen molar-refractivity contribution < 1.29 is 0 Å². The molecule has 0 amide bonds. The fourth-order valence-electron chi connectivity index (χ4n) is 12.2. The third-order valence-electron chi connectivity index (χ3n) is 15.5. The van der Waals surface area contributed by atoms with Gasteiger partial charge in [-0.05, 0) is 131 Å². The van der Waals surface area contributed by atoms with Gasteiger partial charge in [0, 0.05) is 16.7 Å². The van der Waals surface area contributed by atoms with Gasteiger partial charge in [-0.3, -0.25) is 0 Å². The van der Waals surface area contributed by atoms with Gasteiger partial charge >= 0.3 is 0 Å². The number of fused-ring (bicyclic) bond motifs is 7. The largest absolute Gasteiger partial charge is 0.334 e. The molecule has 1 unspecified atom stereocenters. The first-order valence-corrected chi connectivity index (χ1v) is 24.4. The van der Waals surface area contributed by atoms with E-state index in [0.29, 0.717) is 0 Å². The van der Waals surface area contributed by atoms with Gasteiger partial charge in [0.15, 0.2) is 0 Å². The molecule has 0 saturated carbocycles. The molecule has 0 aromatic heterocycles. The number of hydrogen-bond donors (Lipinski definition) is 0. The van der Waals surface area contributed by atoms with Crippen molar-refractivity contribution in [2.75, 3.05) is 4.90 Å². The second-order valence-electron chi connectivity index (χ2n) is 19.5. The first-order chi connectivity index (χ1) is 34.0. The molecule has 0 spiro atoms. The molecule has 0 bridgehead atoms. The molecule has 1 nitrogen and oxygen atoms in total. The van der Waals surface area contributed by atoms with Crippen LogP contribution >= 0.6 is 0 Å². The standard InChI is InChI=1S/C68H51N/c1-67(2)61-30-16-14-27-57(61)59-41-37-50(44-63(59)67)47-35-38-54(39-36-47)69(65-32-18-29-56(66(65)48-20-6-3-7-21-48)51-34-33-46-19-12-13-22-49(46)43-51)55-40-42-60-58-28-15-17-31-62(58)68(64(60)45-55,52-23-8-4-9-24-52)53-25-10-5-11-26-53/h3-38,40-45,54H,39H2,1-2H3. The Bertz CT molecular complexity index is 3630. The average Bonchev–Trinajstić information content (AvgIpc) is 3.84. The molecule has 10 aromatic carbocycles. The molecule has 0 heterocycles. The number of nitrogens with zero attached hydrogens (tertiary/aromatic N) is 1. The van der Waals surface area contributed by atoms with E-state index in [1.54, 1.807) is 0 Å². The summed E-state index contributed by atoms with van der Waals surface area (Å²) in [7, 11) is 0. The molecule has 1 heteroatoms. The lowest BCUT2D eigenvalue weighted by Gasteiger charge is -2.37. The molecule has 0 aliphatic heterocycles. The predicted molar refractivity (Wildman–Crippen MR) is 290 cm³/mol. The Morgan fingerprint density at radius 2 is 0.986 bits per heavy atom. The van der Waals surface area contributed by atoms with E-state index in [1.807, 2.05) is 0 Å². The molecule has 0 fully saturated rings. The lowest BCUT2D eigenvalue weighted by atomic mass is 9.67. The molecule has 10 aromatic rings. The van der Waals surface area contributed by atoms with Crippen LogP contribution in [0.15, 0.2) is 255 Å². The molecule has 0 saturated heterocycles. The molecule has 3 aliphatic rings. The van der Waals surface area contributed by atoms with Crippen molar-refractivity contribution in [1.29, 1.82) is 0 Å². The highest BCUT2D eigenvalue weighted by Crippen LogP contribution is 2.58. The van der Waals surface area contributed by atoms with Gasteiger partial charge in [0.1, 0.15) is 0 Å². The summed E-state index contributed by atoms with van der Waals surface area (Å²) in [5.74, 6) is 0. The fraction of sp³-hybridized carbons (Fsp3) is 0.0882. The van der Waals surface area contributed by atoms with Gasteiger partial charge in [-0.1, -0.05) is 238 Å². The molecule has 0 N–H and O–H groups in total. The number of hydrogen-bond acceptors (Lipinski definition) is 1. The second kappa shape index (κ2) is 16.2. The third-order valence-corrected chi connectivity index (χ3v) is 15.5. The normalized spacial score (nSPS) is 15.7. The number of allylic oxidation sites excluding steroid dienone is 2. The van der Waals surface area contributed by atoms with Crippen LogP contribution in [0.25, 0.3) is 60.9 Å². The first-order valence-electron chi connectivity index (χ1n) is 24.4. The Morgan fingerprint density at radius 3 is 1.71 bits per heavy atom. The fourth-order valence-corrected chi connectivity index (χ4v) is 12.2. The van der Waals surface area contributed by atoms with Crippen LogP contribution in [0.2, 0.25) is 0 Å². The quantitative estimate of drug-likeness (QED) is 0.147. The van der Waals surface area contributed by atoms with Crippen molar-refractivity contribution in [3.8, 4) is 44.5 Å². The van der Waals surface area contributed by atoms with Gasteiger partial charge in [0.05, 0.1) is 17.1 Å². The van der Waals surface area contributed by atoms with Crippen LogP contribution in [0.3, 0.4) is 0 Å². The van der Waals surface area contributed by atoms with Crippen LogP contribution in [0, 0.1) is 0 Å². The van der Waals surface area contributed by atoms with Crippen LogP contribution in [-0.2, 0) is 10.8 Å². The summed E-state index contributed by atoms with van der Waals surface area (Å²) in [4.78, 5) is 2.64. The van der Waals surface area contributed by atoms with Crippen LogP contribution in [0.1, 0.15) is 59.2 Å². The monoisotopic (exact) mass is 881 g/mol. The summed E-state index contributed by atoms with van der Waals surface area (Å²) in [6.45, 7) is 4.74. The highest BCUT2D eigenvalue weighted by atomic mass is 15.2. The van der Waals surface area contributed by atoms with E-state index >= 15 is 0 Å². The van der Waals surface area contributed by atoms with Crippen molar-refractivity contribution in [1.82, 2.24) is 0 Å². The Balaban J connectivity index is 1.01. The Morgan fingerprint density at radius 1 is 0.406 bits per heavy atom. The average molecular weight is 882 g/mol. The summed E-state index contributed by atoms with van der Waals surface area (Å²) in [6.07, 6.45) is 8.16. The maximum absolute atomic E-state index is 2.64. The zero-order valence-electron chi connectivity index (χ0n) is 39.0. The highest BCUT2D eigenvalue weighted by Gasteiger charge is 2.46. The van der Waals surface area contributed by atoms with Crippen LogP contribution < -0.4 is 4.90 Å². The van der Waals surface area contributed by atoms with Crippen molar-refractivity contribution in [3.63, 3.8) is 0 Å². The van der Waals surface area contributed by atoms with Gasteiger partial charge in [0.2, 0.25) is 0 Å². The van der Waals surface area contributed by atoms with E-state index in [4.69, 9.17) is 0 Å². The maximum Gasteiger partial charge on any atom is 0.0714 e. The molecule has 1 atom stereocenters. The zero-order valence-corrected chi connectivity index (χ0v) is 39.0. The van der Waals surface area contributed by atoms with Crippen LogP contribution in [0.5, 0.6) is 0 Å². The lowest BCUT2D eigenvalue weighted by molar-refractivity contribution is 0.660. The Hall–Kier alpha value is -8.26. The molecular weight excluding hydrogens is 831 g/mol. The minimum Gasteiger partial charge on any atom is -0.334 e. The number of anilines is 2. The minimum absolute atomic E-state index is 0.0165. The van der Waals surface area contributed by atoms with E-state index < -0.39 is 5.41 Å². The minimum atomic E-state index is -0.526.